The molecule has 0 aromatic heterocycles. The first-order valence-corrected chi connectivity index (χ1v) is 9.39. The minimum absolute atomic E-state index is 0.0148. The highest BCUT2D eigenvalue weighted by Gasteiger charge is 2.72. The van der Waals surface area contributed by atoms with Crippen LogP contribution in [0.15, 0.2) is 12.7 Å². The maximum Gasteiger partial charge on any atom is 0.145 e. The van der Waals surface area contributed by atoms with Crippen molar-refractivity contribution in [1.29, 1.82) is 0 Å². The summed E-state index contributed by atoms with van der Waals surface area (Å²) < 4.78 is 0. The first-order chi connectivity index (χ1) is 10.9. The van der Waals surface area contributed by atoms with Gasteiger partial charge < -0.3 is 17.2 Å². The van der Waals surface area contributed by atoms with Crippen molar-refractivity contribution in [2.75, 3.05) is 0 Å². The Balaban J connectivity index is 1.49. The summed E-state index contributed by atoms with van der Waals surface area (Å²) in [7, 11) is 0. The predicted octanol–water partition coefficient (Wildman–Crippen LogP) is 1.19. The predicted molar refractivity (Wildman–Crippen MR) is 89.1 cm³/mol. The Bertz CT molecular complexity index is 587. The number of fused-ring (bicyclic) bond motifs is 6. The fraction of sp³-hybridized carbons (Fsp3) is 0.842. The molecule has 5 saturated carbocycles. The Morgan fingerprint density at radius 3 is 2.00 bits per heavy atom. The van der Waals surface area contributed by atoms with Crippen LogP contribution < -0.4 is 17.2 Å². The molecule has 5 fully saturated rings. The third-order valence-electron chi connectivity index (χ3n) is 8.89. The van der Waals surface area contributed by atoms with Gasteiger partial charge in [-0.1, -0.05) is 6.08 Å². The van der Waals surface area contributed by atoms with Gasteiger partial charge in [-0.05, 0) is 68.1 Å². The second-order valence-corrected chi connectivity index (χ2v) is 9.30. The number of carbonyl (C=O) groups is 1. The van der Waals surface area contributed by atoms with Crippen LogP contribution in [-0.4, -0.2) is 23.9 Å². The van der Waals surface area contributed by atoms with Gasteiger partial charge in [-0.3, -0.25) is 4.79 Å². The van der Waals surface area contributed by atoms with Gasteiger partial charge in [-0.2, -0.15) is 0 Å². The Morgan fingerprint density at radius 1 is 0.913 bits per heavy atom. The average molecular weight is 315 g/mol. The molecule has 2 spiro atoms. The third-order valence-corrected chi connectivity index (χ3v) is 8.89. The number of ketones is 1. The zero-order chi connectivity index (χ0) is 16.1. The zero-order valence-corrected chi connectivity index (χ0v) is 13.8. The lowest BCUT2D eigenvalue weighted by molar-refractivity contribution is -0.140. The highest BCUT2D eigenvalue weighted by molar-refractivity contribution is 5.94. The van der Waals surface area contributed by atoms with E-state index in [9.17, 15) is 4.79 Å². The molecular formula is C19H29N3O. The van der Waals surface area contributed by atoms with E-state index in [0.717, 1.165) is 38.5 Å². The lowest BCUT2D eigenvalue weighted by atomic mass is 9.61. The van der Waals surface area contributed by atoms with E-state index >= 15 is 0 Å². The lowest BCUT2D eigenvalue weighted by Crippen LogP contribution is -2.56. The Kier molecular flexibility index (Phi) is 2.72. The molecule has 0 heterocycles. The van der Waals surface area contributed by atoms with E-state index in [0.29, 0.717) is 35.4 Å². The average Bonchev–Trinajstić information content (AvgIpc) is 3.29. The number of nitrogens with two attached hydrogens (primary N) is 3. The summed E-state index contributed by atoms with van der Waals surface area (Å²) in [6.45, 7) is 3.97. The van der Waals surface area contributed by atoms with Crippen molar-refractivity contribution in [1.82, 2.24) is 0 Å². The molecule has 10 atom stereocenters. The molecule has 5 rings (SSSR count). The van der Waals surface area contributed by atoms with Gasteiger partial charge in [0.25, 0.3) is 0 Å². The monoisotopic (exact) mass is 315 g/mol. The summed E-state index contributed by atoms with van der Waals surface area (Å²) in [5.74, 6) is 2.66. The maximum atomic E-state index is 13.7. The fourth-order valence-corrected chi connectivity index (χ4v) is 7.93. The number of rotatable bonds is 1. The van der Waals surface area contributed by atoms with Gasteiger partial charge in [-0.25, -0.2) is 0 Å². The lowest BCUT2D eigenvalue weighted by Gasteiger charge is -2.43. The van der Waals surface area contributed by atoms with Crippen molar-refractivity contribution >= 4 is 5.78 Å². The van der Waals surface area contributed by atoms with Crippen LogP contribution in [0.2, 0.25) is 0 Å². The summed E-state index contributed by atoms with van der Waals surface area (Å²) in [5, 5.41) is 0. The third kappa shape index (κ3) is 1.44. The Hall–Kier alpha value is -0.710. The molecule has 126 valence electrons. The van der Waals surface area contributed by atoms with Gasteiger partial charge >= 0.3 is 0 Å². The molecule has 6 N–H and O–H groups in total. The second kappa shape index (κ2) is 4.27. The molecule has 0 saturated heterocycles. The molecule has 4 nitrogen and oxygen atoms in total. The summed E-state index contributed by atoms with van der Waals surface area (Å²) in [6, 6.07) is 0.239. The molecule has 0 radical (unpaired) electrons. The topological polar surface area (TPSA) is 95.1 Å². The molecule has 0 aliphatic heterocycles. The molecule has 0 amide bonds. The maximum absolute atomic E-state index is 13.7. The Labute approximate surface area is 138 Å². The van der Waals surface area contributed by atoms with Crippen LogP contribution in [0, 0.1) is 40.4 Å². The van der Waals surface area contributed by atoms with Gasteiger partial charge in [-0.15, -0.1) is 6.58 Å². The van der Waals surface area contributed by atoms with Crippen LogP contribution in [0.5, 0.6) is 0 Å². The van der Waals surface area contributed by atoms with Gasteiger partial charge in [0, 0.05) is 29.0 Å². The first-order valence-electron chi connectivity index (χ1n) is 9.39. The molecule has 5 aliphatic carbocycles. The van der Waals surface area contributed by atoms with E-state index in [2.05, 4.69) is 6.58 Å². The summed E-state index contributed by atoms with van der Waals surface area (Å²) in [4.78, 5) is 13.7. The van der Waals surface area contributed by atoms with Crippen molar-refractivity contribution in [2.45, 2.75) is 56.7 Å². The normalized spacial score (nSPS) is 63.0. The van der Waals surface area contributed by atoms with Gasteiger partial charge in [0.15, 0.2) is 0 Å². The van der Waals surface area contributed by atoms with Crippen molar-refractivity contribution < 1.29 is 4.79 Å². The van der Waals surface area contributed by atoms with Crippen molar-refractivity contribution in [3.05, 3.63) is 12.7 Å². The van der Waals surface area contributed by atoms with E-state index in [4.69, 9.17) is 17.2 Å². The van der Waals surface area contributed by atoms with E-state index in [1.165, 1.54) is 0 Å². The highest BCUT2D eigenvalue weighted by atomic mass is 16.1. The molecule has 0 aromatic carbocycles. The number of carbonyl (C=O) groups excluding carboxylic acids is 1. The molecule has 10 unspecified atom stereocenters. The van der Waals surface area contributed by atoms with Crippen LogP contribution in [0.25, 0.3) is 0 Å². The van der Waals surface area contributed by atoms with E-state index in [1.807, 2.05) is 6.08 Å². The molecule has 4 bridgehead atoms. The molecule has 0 aromatic rings. The summed E-state index contributed by atoms with van der Waals surface area (Å²) >= 11 is 0. The standard InChI is InChI=1S/C19H29N3O/c1-2-11-9-5-12(15(11)21)18(7-9)3-4-19(17(18)23)8-10-6-13(19)16(22)14(10)20/h2,9-16H,1,3-8,20-22H2. The zero-order valence-electron chi connectivity index (χ0n) is 13.8. The smallest absolute Gasteiger partial charge is 0.145 e. The van der Waals surface area contributed by atoms with Crippen LogP contribution in [-0.2, 0) is 4.79 Å². The molecular weight excluding hydrogens is 286 g/mol. The van der Waals surface area contributed by atoms with Crippen molar-refractivity contribution in [3.8, 4) is 0 Å². The SMILES string of the molecule is C=CC1C2CC(C1N)C1(CCC3(CC4CC3C(N)C4N)C1=O)C2. The number of hydrogen-bond acceptors (Lipinski definition) is 4. The number of hydrogen-bond donors (Lipinski definition) is 3. The van der Waals surface area contributed by atoms with E-state index < -0.39 is 0 Å². The van der Waals surface area contributed by atoms with Gasteiger partial charge in [0.2, 0.25) is 0 Å². The quantitative estimate of drug-likeness (QED) is 0.633. The Morgan fingerprint density at radius 2 is 1.48 bits per heavy atom. The summed E-state index contributed by atoms with van der Waals surface area (Å²) in [6.07, 6.45) is 8.33. The largest absolute Gasteiger partial charge is 0.327 e. The van der Waals surface area contributed by atoms with Gasteiger partial charge in [0.05, 0.1) is 0 Å². The van der Waals surface area contributed by atoms with Crippen molar-refractivity contribution in [3.63, 3.8) is 0 Å². The van der Waals surface area contributed by atoms with Crippen LogP contribution >= 0.6 is 0 Å². The first kappa shape index (κ1) is 14.6. The molecule has 23 heavy (non-hydrogen) atoms. The van der Waals surface area contributed by atoms with E-state index in [1.54, 1.807) is 0 Å². The van der Waals surface area contributed by atoms with E-state index in [-0.39, 0.29) is 29.0 Å². The van der Waals surface area contributed by atoms with Crippen molar-refractivity contribution in [2.24, 2.45) is 57.6 Å². The van der Waals surface area contributed by atoms with Crippen LogP contribution in [0.3, 0.4) is 0 Å². The minimum Gasteiger partial charge on any atom is -0.327 e. The second-order valence-electron chi connectivity index (χ2n) is 9.30. The van der Waals surface area contributed by atoms with Gasteiger partial charge in [0.1, 0.15) is 5.78 Å². The van der Waals surface area contributed by atoms with Crippen LogP contribution in [0.1, 0.15) is 38.5 Å². The minimum atomic E-state index is -0.159. The summed E-state index contributed by atoms with van der Waals surface area (Å²) in [5.41, 5.74) is 18.9. The molecule has 4 heteroatoms. The number of Topliss-reactive ketones (excluding diaryl/α,β-unsaturated/α-hetero) is 1. The molecule has 5 aliphatic rings. The fourth-order valence-electron chi connectivity index (χ4n) is 7.93. The highest BCUT2D eigenvalue weighted by Crippen LogP contribution is 2.71. The van der Waals surface area contributed by atoms with Crippen LogP contribution in [0.4, 0.5) is 0 Å².